The molecule has 2 aromatic carbocycles. The van der Waals surface area contributed by atoms with Crippen LogP contribution in [0.5, 0.6) is 5.75 Å². The quantitative estimate of drug-likeness (QED) is 0.660. The lowest BCUT2D eigenvalue weighted by atomic mass is 10.00. The number of carbonyl (C=O) groups is 1. The maximum absolute atomic E-state index is 14.5. The largest absolute Gasteiger partial charge is 0.433 e. The summed E-state index contributed by atoms with van der Waals surface area (Å²) < 4.78 is 72.2. The van der Waals surface area contributed by atoms with Gasteiger partial charge in [-0.05, 0) is 55.5 Å². The average molecular weight is 468 g/mol. The van der Waals surface area contributed by atoms with Crippen molar-refractivity contribution in [3.63, 3.8) is 0 Å². The topological polar surface area (TPSA) is 66.9 Å². The molecule has 0 radical (unpaired) electrons. The van der Waals surface area contributed by atoms with E-state index in [-0.39, 0.29) is 23.5 Å². The van der Waals surface area contributed by atoms with Crippen LogP contribution in [0.3, 0.4) is 0 Å². The van der Waals surface area contributed by atoms with Crippen LogP contribution in [-0.4, -0.2) is 44.9 Å². The molecule has 1 saturated heterocycles. The van der Waals surface area contributed by atoms with Gasteiger partial charge < -0.3 is 9.64 Å². The Morgan fingerprint density at radius 1 is 1.00 bits per heavy atom. The number of hydrogen-bond acceptors (Lipinski definition) is 4. The molecular formula is C22H23F3N2O4S. The molecular weight excluding hydrogens is 445 g/mol. The summed E-state index contributed by atoms with van der Waals surface area (Å²) in [4.78, 5) is 14.1. The van der Waals surface area contributed by atoms with Gasteiger partial charge in [0.2, 0.25) is 10.0 Å². The number of aryl methyl sites for hydroxylation is 1. The second kappa shape index (κ2) is 9.11. The van der Waals surface area contributed by atoms with Gasteiger partial charge in [-0.2, -0.15) is 13.1 Å². The molecule has 172 valence electrons. The number of hydrogen-bond donors (Lipinski definition) is 0. The number of amides is 1. The molecule has 1 fully saturated rings. The Morgan fingerprint density at radius 2 is 1.75 bits per heavy atom. The Balaban J connectivity index is 1.71. The van der Waals surface area contributed by atoms with Gasteiger partial charge in [0.1, 0.15) is 16.5 Å². The molecule has 1 amide bonds. The zero-order valence-electron chi connectivity index (χ0n) is 17.3. The monoisotopic (exact) mass is 468 g/mol. The predicted octanol–water partition coefficient (Wildman–Crippen LogP) is 4.19. The Morgan fingerprint density at radius 3 is 2.47 bits per heavy atom. The number of rotatable bonds is 5. The highest BCUT2D eigenvalue weighted by atomic mass is 32.2. The Hall–Kier alpha value is -2.59. The molecule has 10 heteroatoms. The number of halogens is 3. The van der Waals surface area contributed by atoms with E-state index in [0.717, 1.165) is 18.6 Å². The summed E-state index contributed by atoms with van der Waals surface area (Å²) in [5, 5.41) is 0. The van der Waals surface area contributed by atoms with Crippen molar-refractivity contribution in [2.45, 2.75) is 43.6 Å². The fourth-order valence-electron chi connectivity index (χ4n) is 4.24. The van der Waals surface area contributed by atoms with Gasteiger partial charge in [0.25, 0.3) is 5.91 Å². The molecule has 4 rings (SSSR count). The number of para-hydroxylation sites is 1. The molecule has 2 aliphatic rings. The smallest absolute Gasteiger partial charge is 0.387 e. The van der Waals surface area contributed by atoms with E-state index in [0.29, 0.717) is 44.3 Å². The SMILES string of the molecule is O=C(c1ccc(F)c(S(=O)(=O)N2CCCCC2)c1)N1CCCc2cccc(OC(F)F)c21. The maximum atomic E-state index is 14.5. The number of anilines is 1. The Labute approximate surface area is 184 Å². The van der Waals surface area contributed by atoms with Crippen molar-refractivity contribution in [2.24, 2.45) is 0 Å². The molecule has 0 atom stereocenters. The van der Waals surface area contributed by atoms with Crippen LogP contribution in [-0.2, 0) is 16.4 Å². The van der Waals surface area contributed by atoms with Crippen molar-refractivity contribution < 1.29 is 31.1 Å². The minimum atomic E-state index is -4.10. The summed E-state index contributed by atoms with van der Waals surface area (Å²) in [6.45, 7) is -2.23. The predicted molar refractivity (Wildman–Crippen MR) is 112 cm³/mol. The maximum Gasteiger partial charge on any atom is 0.387 e. The van der Waals surface area contributed by atoms with Crippen LogP contribution in [0.25, 0.3) is 0 Å². The third-order valence-corrected chi connectivity index (χ3v) is 7.67. The number of alkyl halides is 2. The van der Waals surface area contributed by atoms with Crippen molar-refractivity contribution in [2.75, 3.05) is 24.5 Å². The van der Waals surface area contributed by atoms with Crippen molar-refractivity contribution in [3.8, 4) is 5.75 Å². The van der Waals surface area contributed by atoms with Crippen molar-refractivity contribution >= 4 is 21.6 Å². The Kier molecular flexibility index (Phi) is 6.43. The van der Waals surface area contributed by atoms with E-state index in [2.05, 4.69) is 4.74 Å². The molecule has 0 bridgehead atoms. The standard InChI is InChI=1S/C22H23F3N2O4S/c23-17-10-9-16(14-19(17)32(29,30)26-11-2-1-3-12-26)21(28)27-13-5-7-15-6-4-8-18(20(15)27)31-22(24)25/h4,6,8-10,14,22H,1-3,5,7,11-13H2. The molecule has 0 unspecified atom stereocenters. The summed E-state index contributed by atoms with van der Waals surface area (Å²) >= 11 is 0. The highest BCUT2D eigenvalue weighted by molar-refractivity contribution is 7.89. The molecule has 0 spiro atoms. The molecule has 0 N–H and O–H groups in total. The lowest BCUT2D eigenvalue weighted by molar-refractivity contribution is -0.0495. The van der Waals surface area contributed by atoms with E-state index in [1.165, 1.54) is 21.3 Å². The number of piperidine rings is 1. The van der Waals surface area contributed by atoms with Gasteiger partial charge in [-0.3, -0.25) is 4.79 Å². The van der Waals surface area contributed by atoms with Gasteiger partial charge in [0.15, 0.2) is 0 Å². The average Bonchev–Trinajstić information content (AvgIpc) is 2.79. The van der Waals surface area contributed by atoms with E-state index in [1.807, 2.05) is 0 Å². The molecule has 0 aliphatic carbocycles. The normalized spacial score (nSPS) is 17.3. The van der Waals surface area contributed by atoms with Crippen LogP contribution in [0.4, 0.5) is 18.9 Å². The Bertz CT molecular complexity index is 1120. The van der Waals surface area contributed by atoms with Gasteiger partial charge in [-0.1, -0.05) is 18.6 Å². The van der Waals surface area contributed by atoms with Crippen LogP contribution in [0.1, 0.15) is 41.6 Å². The summed E-state index contributed by atoms with van der Waals surface area (Å²) in [5.41, 5.74) is 0.863. The van der Waals surface area contributed by atoms with Crippen LogP contribution in [0.2, 0.25) is 0 Å². The first kappa shape index (κ1) is 22.6. The highest BCUT2D eigenvalue weighted by Gasteiger charge is 2.32. The van der Waals surface area contributed by atoms with Crippen LogP contribution in [0.15, 0.2) is 41.3 Å². The number of fused-ring (bicyclic) bond motifs is 1. The lowest BCUT2D eigenvalue weighted by Crippen LogP contribution is -2.37. The molecule has 6 nitrogen and oxygen atoms in total. The molecule has 0 saturated carbocycles. The highest BCUT2D eigenvalue weighted by Crippen LogP contribution is 2.38. The lowest BCUT2D eigenvalue weighted by Gasteiger charge is -2.31. The minimum absolute atomic E-state index is 0.0401. The summed E-state index contributed by atoms with van der Waals surface area (Å²) in [6.07, 6.45) is 3.47. The van der Waals surface area contributed by atoms with Crippen LogP contribution in [0, 0.1) is 5.82 Å². The third-order valence-electron chi connectivity index (χ3n) is 5.75. The van der Waals surface area contributed by atoms with Crippen LogP contribution < -0.4 is 9.64 Å². The van der Waals surface area contributed by atoms with E-state index in [1.54, 1.807) is 12.1 Å². The van der Waals surface area contributed by atoms with Gasteiger partial charge in [0, 0.05) is 25.2 Å². The van der Waals surface area contributed by atoms with E-state index in [9.17, 15) is 26.4 Å². The zero-order valence-corrected chi connectivity index (χ0v) is 18.1. The van der Waals surface area contributed by atoms with Gasteiger partial charge in [-0.25, -0.2) is 12.8 Å². The number of carbonyl (C=O) groups excluding carboxylic acids is 1. The fraction of sp³-hybridized carbons (Fsp3) is 0.409. The number of sulfonamides is 1. The summed E-state index contributed by atoms with van der Waals surface area (Å²) in [5.74, 6) is -1.67. The number of nitrogens with zero attached hydrogens (tertiary/aromatic N) is 2. The molecule has 2 aromatic rings. The van der Waals surface area contributed by atoms with E-state index in [4.69, 9.17) is 0 Å². The molecule has 2 aliphatic heterocycles. The first-order valence-corrected chi connectivity index (χ1v) is 11.9. The third kappa shape index (κ3) is 4.33. The van der Waals surface area contributed by atoms with E-state index < -0.39 is 33.3 Å². The first-order chi connectivity index (χ1) is 15.3. The van der Waals surface area contributed by atoms with Crippen molar-refractivity contribution in [1.82, 2.24) is 4.31 Å². The fourth-order valence-corrected chi connectivity index (χ4v) is 5.85. The minimum Gasteiger partial charge on any atom is -0.433 e. The number of ether oxygens (including phenoxy) is 1. The molecule has 0 aromatic heterocycles. The van der Waals surface area contributed by atoms with Crippen molar-refractivity contribution in [1.29, 1.82) is 0 Å². The molecule has 2 heterocycles. The molecule has 32 heavy (non-hydrogen) atoms. The van der Waals surface area contributed by atoms with E-state index >= 15 is 0 Å². The first-order valence-electron chi connectivity index (χ1n) is 10.5. The number of benzene rings is 2. The van der Waals surface area contributed by atoms with Crippen molar-refractivity contribution in [3.05, 3.63) is 53.3 Å². The van der Waals surface area contributed by atoms with Gasteiger partial charge in [0.05, 0.1) is 5.69 Å². The summed E-state index contributed by atoms with van der Waals surface area (Å²) in [7, 11) is -4.10. The van der Waals surface area contributed by atoms with Crippen LogP contribution >= 0.6 is 0 Å². The van der Waals surface area contributed by atoms with Gasteiger partial charge >= 0.3 is 6.61 Å². The summed E-state index contributed by atoms with van der Waals surface area (Å²) in [6, 6.07) is 7.85. The second-order valence-electron chi connectivity index (χ2n) is 7.81. The second-order valence-corrected chi connectivity index (χ2v) is 9.72. The van der Waals surface area contributed by atoms with Gasteiger partial charge in [-0.15, -0.1) is 0 Å². The zero-order chi connectivity index (χ0) is 22.9.